The maximum Gasteiger partial charge on any atom is 0.348 e. The Labute approximate surface area is 163 Å². The van der Waals surface area contributed by atoms with E-state index in [0.29, 0.717) is 0 Å². The van der Waals surface area contributed by atoms with E-state index in [2.05, 4.69) is 0 Å². The molecule has 0 N–H and O–H groups in total. The van der Waals surface area contributed by atoms with Crippen molar-refractivity contribution < 1.29 is 22.8 Å². The highest BCUT2D eigenvalue weighted by Gasteiger charge is 2.29. The number of carbonyl (C=O) groups is 2. The summed E-state index contributed by atoms with van der Waals surface area (Å²) in [7, 11) is 0. The van der Waals surface area contributed by atoms with Gasteiger partial charge in [-0.1, -0.05) is 42.5 Å². The largest absolute Gasteiger partial charge is 0.422 e. The molecule has 4 nitrogen and oxygen atoms in total. The Kier molecular flexibility index (Phi) is 4.60. The molecule has 0 radical (unpaired) electrons. The zero-order chi connectivity index (χ0) is 20.5. The monoisotopic (exact) mass is 390 g/mol. The van der Waals surface area contributed by atoms with Crippen molar-refractivity contribution in [3.8, 4) is 0 Å². The quantitative estimate of drug-likeness (QED) is 0.379. The molecule has 0 unspecified atom stereocenters. The molecular weight excluding hydrogens is 378 g/mol. The van der Waals surface area contributed by atoms with Gasteiger partial charge in [-0.15, -0.1) is 0 Å². The van der Waals surface area contributed by atoms with Crippen LogP contribution in [0.25, 0.3) is 11.0 Å². The second-order valence-corrected chi connectivity index (χ2v) is 6.25. The number of fused-ring (bicyclic) bond motifs is 1. The van der Waals surface area contributed by atoms with Crippen molar-refractivity contribution in [2.45, 2.75) is 0 Å². The van der Waals surface area contributed by atoms with Gasteiger partial charge in [0.25, 0.3) is 0 Å². The standard InChI is InChI=1S/C23H12F2O4/c24-16-10-4-1-7-13(16)21(26)19-15-9-3-6-12-18(15)29-23(28)20(19)22(27)14-8-2-5-11-17(14)25/h1-12H. The number of hydrogen-bond acceptors (Lipinski definition) is 4. The molecule has 3 aromatic carbocycles. The average molecular weight is 390 g/mol. The third-order valence-corrected chi connectivity index (χ3v) is 4.50. The van der Waals surface area contributed by atoms with Gasteiger partial charge in [-0.3, -0.25) is 9.59 Å². The summed E-state index contributed by atoms with van der Waals surface area (Å²) in [6, 6.07) is 16.4. The van der Waals surface area contributed by atoms with Crippen molar-refractivity contribution in [1.29, 1.82) is 0 Å². The molecule has 0 saturated carbocycles. The van der Waals surface area contributed by atoms with Crippen molar-refractivity contribution in [2.24, 2.45) is 0 Å². The summed E-state index contributed by atoms with van der Waals surface area (Å²) >= 11 is 0. The lowest BCUT2D eigenvalue weighted by Gasteiger charge is -2.11. The van der Waals surface area contributed by atoms with E-state index in [1.165, 1.54) is 48.5 Å². The number of rotatable bonds is 4. The molecule has 1 heterocycles. The molecule has 0 aliphatic rings. The van der Waals surface area contributed by atoms with E-state index in [9.17, 15) is 23.2 Å². The molecule has 0 aliphatic carbocycles. The van der Waals surface area contributed by atoms with Gasteiger partial charge >= 0.3 is 5.63 Å². The number of hydrogen-bond donors (Lipinski definition) is 0. The fraction of sp³-hybridized carbons (Fsp3) is 0. The van der Waals surface area contributed by atoms with E-state index in [1.54, 1.807) is 12.1 Å². The zero-order valence-corrected chi connectivity index (χ0v) is 14.8. The summed E-state index contributed by atoms with van der Waals surface area (Å²) in [5.74, 6) is -3.54. The number of para-hydroxylation sites is 1. The van der Waals surface area contributed by atoms with E-state index < -0.39 is 40.0 Å². The minimum Gasteiger partial charge on any atom is -0.422 e. The summed E-state index contributed by atoms with van der Waals surface area (Å²) in [6.45, 7) is 0. The topological polar surface area (TPSA) is 64.3 Å². The van der Waals surface area contributed by atoms with Gasteiger partial charge in [0.2, 0.25) is 5.78 Å². The van der Waals surface area contributed by atoms with Crippen LogP contribution in [0.15, 0.2) is 82.0 Å². The van der Waals surface area contributed by atoms with Crippen LogP contribution in [-0.4, -0.2) is 11.6 Å². The zero-order valence-electron chi connectivity index (χ0n) is 14.8. The van der Waals surface area contributed by atoms with Crippen molar-refractivity contribution in [3.05, 3.63) is 117 Å². The van der Waals surface area contributed by atoms with E-state index >= 15 is 0 Å². The molecule has 0 fully saturated rings. The van der Waals surface area contributed by atoms with Crippen molar-refractivity contribution >= 4 is 22.5 Å². The van der Waals surface area contributed by atoms with Crippen molar-refractivity contribution in [3.63, 3.8) is 0 Å². The van der Waals surface area contributed by atoms with Gasteiger partial charge in [0.05, 0.1) is 16.7 Å². The molecule has 1 aromatic heterocycles. The van der Waals surface area contributed by atoms with Crippen LogP contribution in [-0.2, 0) is 0 Å². The smallest absolute Gasteiger partial charge is 0.348 e. The average Bonchev–Trinajstić information content (AvgIpc) is 2.72. The van der Waals surface area contributed by atoms with Crippen LogP contribution in [0.4, 0.5) is 8.78 Å². The second kappa shape index (κ2) is 7.24. The van der Waals surface area contributed by atoms with Crippen LogP contribution in [0, 0.1) is 11.6 Å². The molecule has 0 saturated heterocycles. The normalized spacial score (nSPS) is 10.8. The highest BCUT2D eigenvalue weighted by atomic mass is 19.1. The molecule has 4 aromatic rings. The van der Waals surface area contributed by atoms with E-state index in [0.717, 1.165) is 12.1 Å². The molecule has 142 valence electrons. The third-order valence-electron chi connectivity index (χ3n) is 4.50. The number of ketones is 2. The van der Waals surface area contributed by atoms with Crippen molar-refractivity contribution in [1.82, 2.24) is 0 Å². The number of carbonyl (C=O) groups excluding carboxylic acids is 2. The Morgan fingerprint density at radius 2 is 1.14 bits per heavy atom. The van der Waals surface area contributed by atoms with Crippen LogP contribution in [0.2, 0.25) is 0 Å². The molecule has 0 aliphatic heterocycles. The SMILES string of the molecule is O=C(c1ccccc1F)c1c(C(=O)c2ccccc2F)c2ccccc2oc1=O. The molecule has 0 spiro atoms. The second-order valence-electron chi connectivity index (χ2n) is 6.25. The summed E-state index contributed by atoms with van der Waals surface area (Å²) in [5.41, 5.74) is -2.71. The van der Waals surface area contributed by atoms with Crippen LogP contribution in [0.1, 0.15) is 31.8 Å². The maximum absolute atomic E-state index is 14.3. The lowest BCUT2D eigenvalue weighted by molar-refractivity contribution is 0.0997. The van der Waals surface area contributed by atoms with E-state index in [-0.39, 0.29) is 22.1 Å². The molecule has 0 amide bonds. The number of benzene rings is 3. The van der Waals surface area contributed by atoms with Gasteiger partial charge in [0.1, 0.15) is 22.8 Å². The third kappa shape index (κ3) is 3.14. The highest BCUT2D eigenvalue weighted by Crippen LogP contribution is 2.26. The summed E-state index contributed by atoms with van der Waals surface area (Å²) in [4.78, 5) is 38.9. The van der Waals surface area contributed by atoms with E-state index in [1.807, 2.05) is 0 Å². The Bertz CT molecular complexity index is 1340. The number of halogens is 2. The van der Waals surface area contributed by atoms with E-state index in [4.69, 9.17) is 4.42 Å². The Hall–Kier alpha value is -3.93. The summed E-state index contributed by atoms with van der Waals surface area (Å²) in [6.07, 6.45) is 0. The predicted octanol–water partition coefficient (Wildman–Crippen LogP) is 4.53. The Morgan fingerprint density at radius 1 is 0.655 bits per heavy atom. The molecule has 6 heteroatoms. The van der Waals surface area contributed by atoms with Gasteiger partial charge in [-0.05, 0) is 30.3 Å². The first-order valence-electron chi connectivity index (χ1n) is 8.63. The fourth-order valence-corrected chi connectivity index (χ4v) is 3.15. The first-order valence-corrected chi connectivity index (χ1v) is 8.63. The first-order chi connectivity index (χ1) is 14.0. The summed E-state index contributed by atoms with van der Waals surface area (Å²) < 4.78 is 33.7. The highest BCUT2D eigenvalue weighted by molar-refractivity contribution is 6.24. The van der Waals surface area contributed by atoms with Crippen LogP contribution in [0.5, 0.6) is 0 Å². The van der Waals surface area contributed by atoms with Gasteiger partial charge in [0.15, 0.2) is 5.78 Å². The minimum atomic E-state index is -1.10. The van der Waals surface area contributed by atoms with Gasteiger partial charge < -0.3 is 4.42 Å². The van der Waals surface area contributed by atoms with Crippen molar-refractivity contribution in [2.75, 3.05) is 0 Å². The van der Waals surface area contributed by atoms with Gasteiger partial charge in [-0.25, -0.2) is 13.6 Å². The van der Waals surface area contributed by atoms with Gasteiger partial charge in [-0.2, -0.15) is 0 Å². The minimum absolute atomic E-state index is 0.0577. The maximum atomic E-state index is 14.3. The lowest BCUT2D eigenvalue weighted by atomic mass is 9.91. The van der Waals surface area contributed by atoms with Crippen LogP contribution >= 0.6 is 0 Å². The molecule has 0 atom stereocenters. The molecular formula is C23H12F2O4. The molecule has 29 heavy (non-hydrogen) atoms. The lowest BCUT2D eigenvalue weighted by Crippen LogP contribution is -2.22. The first kappa shape index (κ1) is 18.4. The summed E-state index contributed by atoms with van der Waals surface area (Å²) in [5, 5.41) is 0.153. The fourth-order valence-electron chi connectivity index (χ4n) is 3.15. The van der Waals surface area contributed by atoms with Gasteiger partial charge in [0, 0.05) is 5.39 Å². The van der Waals surface area contributed by atoms with Crippen LogP contribution in [0.3, 0.4) is 0 Å². The van der Waals surface area contributed by atoms with Crippen LogP contribution < -0.4 is 5.63 Å². The molecule has 0 bridgehead atoms. The molecule has 4 rings (SSSR count). The predicted molar refractivity (Wildman–Crippen MR) is 102 cm³/mol. The Morgan fingerprint density at radius 3 is 1.72 bits per heavy atom. The Balaban J connectivity index is 2.07.